The molecule has 0 saturated heterocycles. The zero-order valence-electron chi connectivity index (χ0n) is 7.56. The third kappa shape index (κ3) is 3.46. The van der Waals surface area contributed by atoms with E-state index in [1.54, 1.807) is 6.92 Å². The second-order valence-corrected chi connectivity index (χ2v) is 2.57. The van der Waals surface area contributed by atoms with E-state index < -0.39 is 5.97 Å². The van der Waals surface area contributed by atoms with Gasteiger partial charge in [-0.05, 0) is 13.8 Å². The number of carbonyl (C=O) groups excluding carboxylic acids is 1. The number of alkyl halides is 1. The van der Waals surface area contributed by atoms with Crippen molar-refractivity contribution in [3.05, 3.63) is 11.3 Å². The Labute approximate surface area is 81.7 Å². The average Bonchev–Trinajstić information content (AvgIpc) is 2.04. The van der Waals surface area contributed by atoms with Crippen LogP contribution < -0.4 is 0 Å². The van der Waals surface area contributed by atoms with Gasteiger partial charge < -0.3 is 15.3 Å². The Bertz CT molecular complexity index is 248. The molecule has 0 bridgehead atoms. The summed E-state index contributed by atoms with van der Waals surface area (Å²) in [6.45, 7) is 3.23. The first kappa shape index (κ1) is 12.0. The quantitative estimate of drug-likeness (QED) is 0.241. The van der Waals surface area contributed by atoms with Crippen molar-refractivity contribution in [2.45, 2.75) is 13.8 Å². The van der Waals surface area contributed by atoms with E-state index in [9.17, 15) is 9.90 Å². The van der Waals surface area contributed by atoms with Crippen LogP contribution in [0.4, 0.5) is 0 Å². The van der Waals surface area contributed by atoms with Gasteiger partial charge in [0.25, 0.3) is 0 Å². The maximum absolute atomic E-state index is 11.1. The summed E-state index contributed by atoms with van der Waals surface area (Å²) in [5.74, 6) is -1.24. The van der Waals surface area contributed by atoms with Gasteiger partial charge in [-0.3, -0.25) is 0 Å². The van der Waals surface area contributed by atoms with E-state index in [1.807, 2.05) is 0 Å². The zero-order chi connectivity index (χ0) is 10.4. The summed E-state index contributed by atoms with van der Waals surface area (Å²) in [5, 5.41) is 16.4. The molecular formula is C8H12ClNO3. The SMILES string of the molecule is CCOC(=O)/C(C(C)=N)=C(\O)CCl. The summed E-state index contributed by atoms with van der Waals surface area (Å²) in [6.07, 6.45) is 0. The zero-order valence-corrected chi connectivity index (χ0v) is 8.31. The minimum atomic E-state index is -0.715. The first-order chi connectivity index (χ1) is 6.04. The number of allylic oxidation sites excluding steroid dienone is 1. The number of hydrogen-bond donors (Lipinski definition) is 2. The molecule has 0 heterocycles. The number of carbonyl (C=O) groups is 1. The van der Waals surface area contributed by atoms with Gasteiger partial charge in [-0.1, -0.05) is 0 Å². The number of esters is 1. The van der Waals surface area contributed by atoms with E-state index >= 15 is 0 Å². The molecule has 2 N–H and O–H groups in total. The number of aliphatic hydroxyl groups is 1. The minimum absolute atomic E-state index is 0.0587. The highest BCUT2D eigenvalue weighted by atomic mass is 35.5. The Morgan fingerprint density at radius 3 is 2.46 bits per heavy atom. The van der Waals surface area contributed by atoms with Crippen molar-refractivity contribution in [1.82, 2.24) is 0 Å². The molecule has 4 nitrogen and oxygen atoms in total. The molecule has 0 atom stereocenters. The highest BCUT2D eigenvalue weighted by Crippen LogP contribution is 2.07. The maximum atomic E-state index is 11.1. The fourth-order valence-electron chi connectivity index (χ4n) is 0.757. The van der Waals surface area contributed by atoms with Crippen molar-refractivity contribution in [2.24, 2.45) is 0 Å². The predicted octanol–water partition coefficient (Wildman–Crippen LogP) is 1.64. The molecule has 0 aromatic carbocycles. The summed E-state index contributed by atoms with van der Waals surface area (Å²) in [7, 11) is 0. The number of nitrogens with one attached hydrogen (secondary N) is 1. The number of halogens is 1. The second kappa shape index (κ2) is 5.59. The van der Waals surface area contributed by atoms with E-state index in [0.29, 0.717) is 0 Å². The Kier molecular flexibility index (Phi) is 5.14. The maximum Gasteiger partial charge on any atom is 0.343 e. The van der Waals surface area contributed by atoms with Gasteiger partial charge >= 0.3 is 5.97 Å². The molecule has 0 aliphatic rings. The van der Waals surface area contributed by atoms with Crippen molar-refractivity contribution < 1.29 is 14.6 Å². The highest BCUT2D eigenvalue weighted by Gasteiger charge is 2.17. The van der Waals surface area contributed by atoms with E-state index in [0.717, 1.165) is 0 Å². The molecule has 0 amide bonds. The molecule has 5 heteroatoms. The van der Waals surface area contributed by atoms with Gasteiger partial charge in [-0.2, -0.15) is 0 Å². The fraction of sp³-hybridized carbons (Fsp3) is 0.500. The summed E-state index contributed by atoms with van der Waals surface area (Å²) >= 11 is 5.32. The Balaban J connectivity index is 4.82. The minimum Gasteiger partial charge on any atom is -0.510 e. The molecule has 0 aromatic heterocycles. The van der Waals surface area contributed by atoms with Crippen LogP contribution in [0.3, 0.4) is 0 Å². The van der Waals surface area contributed by atoms with Crippen LogP contribution >= 0.6 is 11.6 Å². The van der Waals surface area contributed by atoms with Crippen molar-refractivity contribution in [3.63, 3.8) is 0 Å². The van der Waals surface area contributed by atoms with Gasteiger partial charge in [0.15, 0.2) is 0 Å². The molecule has 0 unspecified atom stereocenters. The third-order valence-corrected chi connectivity index (χ3v) is 1.52. The highest BCUT2D eigenvalue weighted by molar-refractivity contribution is 6.22. The fourth-order valence-corrected chi connectivity index (χ4v) is 0.891. The molecule has 0 aliphatic heterocycles. The lowest BCUT2D eigenvalue weighted by Gasteiger charge is -2.06. The second-order valence-electron chi connectivity index (χ2n) is 2.30. The van der Waals surface area contributed by atoms with Gasteiger partial charge in [-0.25, -0.2) is 4.79 Å². The number of rotatable bonds is 4. The molecular weight excluding hydrogens is 194 g/mol. The molecule has 13 heavy (non-hydrogen) atoms. The normalized spacial score (nSPS) is 11.9. The first-order valence-corrected chi connectivity index (χ1v) is 4.28. The van der Waals surface area contributed by atoms with E-state index in [2.05, 4.69) is 4.74 Å². The van der Waals surface area contributed by atoms with E-state index in [1.165, 1.54) is 6.92 Å². The van der Waals surface area contributed by atoms with Crippen LogP contribution in [0, 0.1) is 5.41 Å². The van der Waals surface area contributed by atoms with E-state index in [4.69, 9.17) is 17.0 Å². The molecule has 0 saturated carbocycles. The van der Waals surface area contributed by atoms with Crippen LogP contribution in [0.25, 0.3) is 0 Å². The predicted molar refractivity (Wildman–Crippen MR) is 50.4 cm³/mol. The van der Waals surface area contributed by atoms with Crippen LogP contribution in [-0.4, -0.2) is 29.3 Å². The topological polar surface area (TPSA) is 70.4 Å². The van der Waals surface area contributed by atoms with Gasteiger partial charge in [-0.15, -0.1) is 11.6 Å². The van der Waals surface area contributed by atoms with Crippen LogP contribution in [-0.2, 0) is 9.53 Å². The molecule has 0 aliphatic carbocycles. The first-order valence-electron chi connectivity index (χ1n) is 3.75. The molecule has 0 rings (SSSR count). The largest absolute Gasteiger partial charge is 0.510 e. The van der Waals surface area contributed by atoms with Crippen LogP contribution in [0.5, 0.6) is 0 Å². The monoisotopic (exact) mass is 205 g/mol. The van der Waals surface area contributed by atoms with Gasteiger partial charge in [0.05, 0.1) is 12.5 Å². The lowest BCUT2D eigenvalue weighted by atomic mass is 10.1. The average molecular weight is 206 g/mol. The number of hydrogen-bond acceptors (Lipinski definition) is 4. The van der Waals surface area contributed by atoms with Crippen molar-refractivity contribution in [2.75, 3.05) is 12.5 Å². The summed E-state index contributed by atoms with van der Waals surface area (Å²) in [4.78, 5) is 11.1. The van der Waals surface area contributed by atoms with Crippen LogP contribution in [0.2, 0.25) is 0 Å². The Hall–Kier alpha value is -1.03. The van der Waals surface area contributed by atoms with Crippen molar-refractivity contribution in [1.29, 1.82) is 5.41 Å². The summed E-state index contributed by atoms with van der Waals surface area (Å²) in [5.41, 5.74) is -0.214. The summed E-state index contributed by atoms with van der Waals surface area (Å²) < 4.78 is 4.63. The number of aliphatic hydroxyl groups excluding tert-OH is 1. The molecule has 0 fully saturated rings. The molecule has 0 radical (unpaired) electrons. The Morgan fingerprint density at radius 2 is 2.15 bits per heavy atom. The lowest BCUT2D eigenvalue weighted by molar-refractivity contribution is -0.138. The van der Waals surface area contributed by atoms with Crippen LogP contribution in [0.1, 0.15) is 13.8 Å². The summed E-state index contributed by atoms with van der Waals surface area (Å²) in [6, 6.07) is 0. The molecule has 0 aromatic rings. The molecule has 74 valence electrons. The van der Waals surface area contributed by atoms with E-state index in [-0.39, 0.29) is 29.5 Å². The van der Waals surface area contributed by atoms with Crippen LogP contribution in [0.15, 0.2) is 11.3 Å². The van der Waals surface area contributed by atoms with Crippen molar-refractivity contribution in [3.8, 4) is 0 Å². The molecule has 0 spiro atoms. The standard InChI is InChI=1S/C8H12ClNO3/c1-3-13-8(12)7(5(2)10)6(11)4-9/h10-11H,3-4H2,1-2H3/b7-6-,10-5?. The smallest absolute Gasteiger partial charge is 0.343 e. The van der Waals surface area contributed by atoms with Gasteiger partial charge in [0.1, 0.15) is 11.3 Å². The number of ether oxygens (including phenoxy) is 1. The Morgan fingerprint density at radius 1 is 1.62 bits per heavy atom. The van der Waals surface area contributed by atoms with Gasteiger partial charge in [0, 0.05) is 5.71 Å². The van der Waals surface area contributed by atoms with Crippen molar-refractivity contribution >= 4 is 23.3 Å². The third-order valence-electron chi connectivity index (χ3n) is 1.27. The van der Waals surface area contributed by atoms with Gasteiger partial charge in [0.2, 0.25) is 0 Å². The lowest BCUT2D eigenvalue weighted by Crippen LogP contribution is -2.16.